The first-order valence-corrected chi connectivity index (χ1v) is 7.82. The lowest BCUT2D eigenvalue weighted by Gasteiger charge is -2.27. The highest BCUT2D eigenvalue weighted by atomic mass is 35.5. The number of fused-ring (bicyclic) bond motifs is 2. The summed E-state index contributed by atoms with van der Waals surface area (Å²) >= 11 is 6.05. The monoisotopic (exact) mass is 310 g/mol. The molecule has 1 aromatic carbocycles. The molecule has 1 aliphatic carbocycles. The van der Waals surface area contributed by atoms with E-state index >= 15 is 0 Å². The number of nitrogens with zero attached hydrogens (tertiary/aromatic N) is 3. The Labute approximate surface area is 133 Å². The minimum Gasteiger partial charge on any atom is -0.361 e. The summed E-state index contributed by atoms with van der Waals surface area (Å²) < 4.78 is 0. The van der Waals surface area contributed by atoms with E-state index in [1.165, 1.54) is 17.5 Å². The van der Waals surface area contributed by atoms with Crippen molar-refractivity contribution in [3.8, 4) is 0 Å². The van der Waals surface area contributed by atoms with Gasteiger partial charge in [-0.3, -0.25) is 4.98 Å². The minimum absolute atomic E-state index is 0.237. The number of rotatable bonds is 2. The fourth-order valence-electron chi connectivity index (χ4n) is 3.11. The van der Waals surface area contributed by atoms with Crippen molar-refractivity contribution in [2.24, 2.45) is 0 Å². The maximum atomic E-state index is 6.05. The van der Waals surface area contributed by atoms with Gasteiger partial charge in [0.05, 0.1) is 11.6 Å². The van der Waals surface area contributed by atoms with E-state index in [-0.39, 0.29) is 11.3 Å². The van der Waals surface area contributed by atoms with Gasteiger partial charge in [-0.1, -0.05) is 24.3 Å². The van der Waals surface area contributed by atoms with Crippen LogP contribution in [0.2, 0.25) is 5.28 Å². The van der Waals surface area contributed by atoms with E-state index in [0.717, 1.165) is 23.9 Å². The van der Waals surface area contributed by atoms with E-state index in [0.29, 0.717) is 5.82 Å². The average molecular weight is 311 g/mol. The van der Waals surface area contributed by atoms with Crippen LogP contribution in [0.3, 0.4) is 0 Å². The van der Waals surface area contributed by atoms with Gasteiger partial charge >= 0.3 is 0 Å². The van der Waals surface area contributed by atoms with Gasteiger partial charge in [-0.15, -0.1) is 0 Å². The average Bonchev–Trinajstić information content (AvgIpc) is 2.55. The van der Waals surface area contributed by atoms with Crippen LogP contribution >= 0.6 is 11.6 Å². The molecule has 3 aromatic rings. The standard InChI is InChI=1S/C17H15ClN4/c18-17-21-14-9-4-10-19-15(14)16(22-17)20-13-8-3-6-11-5-1-2-7-12(11)13/h1-2,4-5,7,9-10,13H,3,6,8H2,(H,20,21,22)/t13-/m0/s1. The van der Waals surface area contributed by atoms with Gasteiger partial charge < -0.3 is 5.32 Å². The topological polar surface area (TPSA) is 50.7 Å². The van der Waals surface area contributed by atoms with E-state index in [1.807, 2.05) is 12.1 Å². The summed E-state index contributed by atoms with van der Waals surface area (Å²) in [5.74, 6) is 0.706. The summed E-state index contributed by atoms with van der Waals surface area (Å²) in [5, 5.41) is 3.77. The summed E-state index contributed by atoms with van der Waals surface area (Å²) in [6.07, 6.45) is 5.13. The summed E-state index contributed by atoms with van der Waals surface area (Å²) in [5.41, 5.74) is 4.26. The van der Waals surface area contributed by atoms with Gasteiger partial charge in [0, 0.05) is 6.20 Å². The number of nitrogens with one attached hydrogen (secondary N) is 1. The molecule has 110 valence electrons. The predicted octanol–water partition coefficient (Wildman–Crippen LogP) is 4.17. The van der Waals surface area contributed by atoms with Gasteiger partial charge in [-0.05, 0) is 54.1 Å². The third-order valence-corrected chi connectivity index (χ3v) is 4.28. The molecule has 0 unspecified atom stereocenters. The molecular weight excluding hydrogens is 296 g/mol. The molecule has 0 spiro atoms. The summed E-state index contributed by atoms with van der Waals surface area (Å²) in [4.78, 5) is 13.0. The predicted molar refractivity (Wildman–Crippen MR) is 88.1 cm³/mol. The molecule has 2 heterocycles. The third kappa shape index (κ3) is 2.40. The molecule has 0 saturated carbocycles. The van der Waals surface area contributed by atoms with Crippen LogP contribution in [0, 0.1) is 0 Å². The van der Waals surface area contributed by atoms with Gasteiger partial charge in [-0.2, -0.15) is 4.98 Å². The maximum absolute atomic E-state index is 6.05. The van der Waals surface area contributed by atoms with Crippen LogP contribution in [0.25, 0.3) is 11.0 Å². The molecule has 4 nitrogen and oxygen atoms in total. The third-order valence-electron chi connectivity index (χ3n) is 4.11. The summed E-state index contributed by atoms with van der Waals surface area (Å²) in [7, 11) is 0. The molecule has 22 heavy (non-hydrogen) atoms. The number of aromatic nitrogens is 3. The Kier molecular flexibility index (Phi) is 3.39. The van der Waals surface area contributed by atoms with Crippen LogP contribution in [-0.2, 0) is 6.42 Å². The van der Waals surface area contributed by atoms with E-state index in [2.05, 4.69) is 44.5 Å². The zero-order chi connectivity index (χ0) is 14.9. The second kappa shape index (κ2) is 5.54. The molecule has 1 atom stereocenters. The van der Waals surface area contributed by atoms with Gasteiger partial charge in [0.25, 0.3) is 0 Å². The first kappa shape index (κ1) is 13.5. The molecule has 1 N–H and O–H groups in total. The number of anilines is 1. The molecule has 4 rings (SSSR count). The number of halogens is 1. The lowest BCUT2D eigenvalue weighted by molar-refractivity contribution is 0.599. The van der Waals surface area contributed by atoms with Gasteiger partial charge in [0.15, 0.2) is 5.82 Å². The Morgan fingerprint density at radius 1 is 1.09 bits per heavy atom. The van der Waals surface area contributed by atoms with Crippen LogP contribution < -0.4 is 5.32 Å². The maximum Gasteiger partial charge on any atom is 0.225 e. The molecule has 5 heteroatoms. The fourth-order valence-corrected chi connectivity index (χ4v) is 3.28. The number of benzene rings is 1. The zero-order valence-electron chi connectivity index (χ0n) is 12.0. The first-order valence-electron chi connectivity index (χ1n) is 7.44. The largest absolute Gasteiger partial charge is 0.361 e. The Balaban J connectivity index is 1.76. The van der Waals surface area contributed by atoms with Gasteiger partial charge in [0.2, 0.25) is 5.28 Å². The highest BCUT2D eigenvalue weighted by Gasteiger charge is 2.21. The molecule has 0 saturated heterocycles. The highest BCUT2D eigenvalue weighted by Crippen LogP contribution is 2.33. The van der Waals surface area contributed by atoms with E-state index in [9.17, 15) is 0 Å². The second-order valence-corrected chi connectivity index (χ2v) is 5.84. The van der Waals surface area contributed by atoms with E-state index in [4.69, 9.17) is 11.6 Å². The second-order valence-electron chi connectivity index (χ2n) is 5.50. The number of hydrogen-bond donors (Lipinski definition) is 1. The lowest BCUT2D eigenvalue weighted by atomic mass is 9.88. The van der Waals surface area contributed by atoms with E-state index in [1.54, 1.807) is 6.20 Å². The van der Waals surface area contributed by atoms with Crippen molar-refractivity contribution in [1.82, 2.24) is 15.0 Å². The molecule has 0 aliphatic heterocycles. The Hall–Kier alpha value is -2.20. The lowest BCUT2D eigenvalue weighted by Crippen LogP contribution is -2.18. The zero-order valence-corrected chi connectivity index (χ0v) is 12.7. The SMILES string of the molecule is Clc1nc(N[C@H]2CCCc3ccccc32)c2ncccc2n1. The molecule has 0 bridgehead atoms. The van der Waals surface area contributed by atoms with Crippen molar-refractivity contribution in [2.45, 2.75) is 25.3 Å². The normalized spacial score (nSPS) is 17.2. The van der Waals surface area contributed by atoms with Crippen LogP contribution in [0.4, 0.5) is 5.82 Å². The van der Waals surface area contributed by atoms with Crippen LogP contribution in [0.15, 0.2) is 42.6 Å². The summed E-state index contributed by atoms with van der Waals surface area (Å²) in [6.45, 7) is 0. The van der Waals surface area contributed by atoms with Gasteiger partial charge in [-0.25, -0.2) is 4.98 Å². The van der Waals surface area contributed by atoms with Crippen molar-refractivity contribution < 1.29 is 0 Å². The smallest absolute Gasteiger partial charge is 0.225 e. The first-order chi connectivity index (χ1) is 10.8. The molecule has 1 aliphatic rings. The van der Waals surface area contributed by atoms with E-state index < -0.39 is 0 Å². The minimum atomic E-state index is 0.237. The number of hydrogen-bond acceptors (Lipinski definition) is 4. The van der Waals surface area contributed by atoms with Crippen molar-refractivity contribution in [1.29, 1.82) is 0 Å². The molecule has 0 radical (unpaired) electrons. The van der Waals surface area contributed by atoms with Gasteiger partial charge in [0.1, 0.15) is 5.52 Å². The molecule has 0 fully saturated rings. The molecular formula is C17H15ClN4. The fraction of sp³-hybridized carbons (Fsp3) is 0.235. The van der Waals surface area contributed by atoms with Crippen molar-refractivity contribution in [3.63, 3.8) is 0 Å². The number of aryl methyl sites for hydroxylation is 1. The highest BCUT2D eigenvalue weighted by molar-refractivity contribution is 6.28. The van der Waals surface area contributed by atoms with Crippen molar-refractivity contribution in [2.75, 3.05) is 5.32 Å². The Morgan fingerprint density at radius 3 is 2.95 bits per heavy atom. The van der Waals surface area contributed by atoms with Crippen LogP contribution in [0.1, 0.15) is 30.0 Å². The Bertz CT molecular complexity index is 834. The quantitative estimate of drug-likeness (QED) is 0.722. The summed E-state index contributed by atoms with van der Waals surface area (Å²) in [6, 6.07) is 12.6. The van der Waals surface area contributed by atoms with Crippen LogP contribution in [0.5, 0.6) is 0 Å². The van der Waals surface area contributed by atoms with Crippen molar-refractivity contribution in [3.05, 3.63) is 59.0 Å². The molecule has 2 aromatic heterocycles. The van der Waals surface area contributed by atoms with Crippen LogP contribution in [-0.4, -0.2) is 15.0 Å². The Morgan fingerprint density at radius 2 is 2.00 bits per heavy atom. The van der Waals surface area contributed by atoms with Crippen molar-refractivity contribution >= 4 is 28.5 Å². The molecule has 0 amide bonds. The number of pyridine rings is 1.